The van der Waals surface area contributed by atoms with Crippen LogP contribution in [0.1, 0.15) is 18.5 Å². The standard InChI is InChI=1S/C15H15FN2O3/c1-10(17-2)11-5-3-6-12(9-11)21-15-13(16)7-4-8-14(15)18(19)20/h3-10,17H,1-2H3. The van der Waals surface area contributed by atoms with E-state index in [-0.39, 0.29) is 11.8 Å². The lowest BCUT2D eigenvalue weighted by atomic mass is 10.1. The third-order valence-electron chi connectivity index (χ3n) is 3.15. The summed E-state index contributed by atoms with van der Waals surface area (Å²) in [7, 11) is 1.82. The van der Waals surface area contributed by atoms with Gasteiger partial charge in [-0.05, 0) is 37.7 Å². The minimum absolute atomic E-state index is 0.0872. The van der Waals surface area contributed by atoms with E-state index >= 15 is 0 Å². The second-order valence-electron chi connectivity index (χ2n) is 4.53. The van der Waals surface area contributed by atoms with E-state index in [1.807, 2.05) is 20.0 Å². The first-order valence-corrected chi connectivity index (χ1v) is 6.41. The van der Waals surface area contributed by atoms with E-state index in [9.17, 15) is 14.5 Å². The summed E-state index contributed by atoms with van der Waals surface area (Å²) in [6.07, 6.45) is 0. The maximum atomic E-state index is 13.8. The molecule has 0 saturated carbocycles. The summed E-state index contributed by atoms with van der Waals surface area (Å²) in [4.78, 5) is 10.3. The van der Waals surface area contributed by atoms with Gasteiger partial charge in [0.2, 0.25) is 5.75 Å². The van der Waals surface area contributed by atoms with Crippen molar-refractivity contribution in [2.45, 2.75) is 13.0 Å². The van der Waals surface area contributed by atoms with E-state index in [1.54, 1.807) is 18.2 Å². The van der Waals surface area contributed by atoms with Gasteiger partial charge < -0.3 is 10.1 Å². The number of nitrogens with one attached hydrogen (secondary N) is 1. The van der Waals surface area contributed by atoms with Gasteiger partial charge >= 0.3 is 5.69 Å². The number of hydrogen-bond donors (Lipinski definition) is 1. The van der Waals surface area contributed by atoms with E-state index in [4.69, 9.17) is 4.74 Å². The molecule has 1 N–H and O–H groups in total. The zero-order chi connectivity index (χ0) is 15.4. The Balaban J connectivity index is 2.37. The van der Waals surface area contributed by atoms with Gasteiger partial charge in [0.05, 0.1) is 4.92 Å². The Kier molecular flexibility index (Phi) is 4.49. The molecule has 0 spiro atoms. The number of nitrogens with zero attached hydrogens (tertiary/aromatic N) is 1. The van der Waals surface area contributed by atoms with Crippen molar-refractivity contribution in [3.8, 4) is 11.5 Å². The molecule has 2 rings (SSSR count). The summed E-state index contributed by atoms with van der Waals surface area (Å²) in [6, 6.07) is 10.7. The van der Waals surface area contributed by atoms with E-state index < -0.39 is 16.4 Å². The van der Waals surface area contributed by atoms with Crippen LogP contribution in [-0.2, 0) is 0 Å². The highest BCUT2D eigenvalue weighted by molar-refractivity contribution is 5.49. The van der Waals surface area contributed by atoms with Gasteiger partial charge in [-0.1, -0.05) is 18.2 Å². The van der Waals surface area contributed by atoms with Crippen LogP contribution in [0.4, 0.5) is 10.1 Å². The van der Waals surface area contributed by atoms with Gasteiger partial charge in [-0.2, -0.15) is 0 Å². The molecule has 1 atom stereocenters. The molecule has 0 aliphatic heterocycles. The number of benzene rings is 2. The summed E-state index contributed by atoms with van der Waals surface area (Å²) in [5.74, 6) is -0.796. The Morgan fingerprint density at radius 1 is 1.29 bits per heavy atom. The SMILES string of the molecule is CNC(C)c1cccc(Oc2c(F)cccc2[N+](=O)[O-])c1. The van der Waals surface area contributed by atoms with Gasteiger partial charge in [0.25, 0.3) is 0 Å². The van der Waals surface area contributed by atoms with E-state index in [0.717, 1.165) is 11.6 Å². The molecular weight excluding hydrogens is 275 g/mol. The molecule has 0 saturated heterocycles. The first-order chi connectivity index (χ1) is 10.0. The molecule has 0 aromatic heterocycles. The van der Waals surface area contributed by atoms with Crippen LogP contribution >= 0.6 is 0 Å². The molecule has 5 nitrogen and oxygen atoms in total. The van der Waals surface area contributed by atoms with Crippen molar-refractivity contribution in [3.05, 3.63) is 64.0 Å². The van der Waals surface area contributed by atoms with Crippen molar-refractivity contribution in [2.24, 2.45) is 0 Å². The fourth-order valence-corrected chi connectivity index (χ4v) is 1.87. The number of nitro benzene ring substituents is 1. The first-order valence-electron chi connectivity index (χ1n) is 6.41. The van der Waals surface area contributed by atoms with Gasteiger partial charge in [0, 0.05) is 12.1 Å². The lowest BCUT2D eigenvalue weighted by molar-refractivity contribution is -0.385. The Morgan fingerprint density at radius 2 is 2.00 bits per heavy atom. The first kappa shape index (κ1) is 14.9. The molecule has 0 radical (unpaired) electrons. The third-order valence-corrected chi connectivity index (χ3v) is 3.15. The van der Waals surface area contributed by atoms with Crippen molar-refractivity contribution < 1.29 is 14.1 Å². The van der Waals surface area contributed by atoms with Crippen molar-refractivity contribution in [3.63, 3.8) is 0 Å². The summed E-state index contributed by atoms with van der Waals surface area (Å²) < 4.78 is 19.2. The maximum Gasteiger partial charge on any atom is 0.314 e. The van der Waals surface area contributed by atoms with E-state index in [0.29, 0.717) is 5.75 Å². The Labute approximate surface area is 121 Å². The van der Waals surface area contributed by atoms with Crippen LogP contribution in [0.25, 0.3) is 0 Å². The van der Waals surface area contributed by atoms with Gasteiger partial charge in [-0.15, -0.1) is 0 Å². The van der Waals surface area contributed by atoms with Gasteiger partial charge in [-0.25, -0.2) is 4.39 Å². The van der Waals surface area contributed by atoms with Gasteiger partial charge in [0.1, 0.15) is 5.75 Å². The molecule has 0 heterocycles. The molecule has 21 heavy (non-hydrogen) atoms. The zero-order valence-corrected chi connectivity index (χ0v) is 11.7. The minimum Gasteiger partial charge on any atom is -0.447 e. The smallest absolute Gasteiger partial charge is 0.314 e. The quantitative estimate of drug-likeness (QED) is 0.672. The largest absolute Gasteiger partial charge is 0.447 e. The van der Waals surface area contributed by atoms with Crippen molar-refractivity contribution in [1.82, 2.24) is 5.32 Å². The lowest BCUT2D eigenvalue weighted by Crippen LogP contribution is -2.12. The molecule has 0 aliphatic carbocycles. The highest BCUT2D eigenvalue weighted by Gasteiger charge is 2.20. The summed E-state index contributed by atoms with van der Waals surface area (Å²) in [5, 5.41) is 14.0. The number of halogens is 1. The molecule has 1 unspecified atom stereocenters. The monoisotopic (exact) mass is 290 g/mol. The summed E-state index contributed by atoms with van der Waals surface area (Å²) >= 11 is 0. The van der Waals surface area contributed by atoms with E-state index in [1.165, 1.54) is 12.1 Å². The molecule has 0 aliphatic rings. The van der Waals surface area contributed by atoms with Crippen LogP contribution in [0.15, 0.2) is 42.5 Å². The molecule has 0 fully saturated rings. The van der Waals surface area contributed by atoms with Crippen LogP contribution < -0.4 is 10.1 Å². The Bertz CT molecular complexity index is 661. The van der Waals surface area contributed by atoms with Gasteiger partial charge in [0.15, 0.2) is 5.82 Å². The fourth-order valence-electron chi connectivity index (χ4n) is 1.87. The van der Waals surface area contributed by atoms with Crippen LogP contribution in [0, 0.1) is 15.9 Å². The predicted octanol–water partition coefficient (Wildman–Crippen LogP) is 3.81. The molecule has 2 aromatic rings. The second-order valence-corrected chi connectivity index (χ2v) is 4.53. The fraction of sp³-hybridized carbons (Fsp3) is 0.200. The highest BCUT2D eigenvalue weighted by Crippen LogP contribution is 2.34. The van der Waals surface area contributed by atoms with Crippen LogP contribution in [0.2, 0.25) is 0 Å². The third kappa shape index (κ3) is 3.35. The summed E-state index contributed by atoms with van der Waals surface area (Å²) in [6.45, 7) is 1.96. The number of para-hydroxylation sites is 1. The molecule has 6 heteroatoms. The lowest BCUT2D eigenvalue weighted by Gasteiger charge is -2.13. The molecule has 2 aromatic carbocycles. The summed E-state index contributed by atoms with van der Waals surface area (Å²) in [5.41, 5.74) is 0.538. The number of nitro groups is 1. The van der Waals surface area contributed by atoms with Crippen molar-refractivity contribution in [2.75, 3.05) is 7.05 Å². The van der Waals surface area contributed by atoms with Crippen LogP contribution in [0.5, 0.6) is 11.5 Å². The molecule has 110 valence electrons. The topological polar surface area (TPSA) is 64.4 Å². The van der Waals surface area contributed by atoms with Crippen molar-refractivity contribution in [1.29, 1.82) is 0 Å². The number of ether oxygens (including phenoxy) is 1. The molecular formula is C15H15FN2O3. The minimum atomic E-state index is -0.767. The zero-order valence-electron chi connectivity index (χ0n) is 11.7. The van der Waals surface area contributed by atoms with Gasteiger partial charge in [-0.3, -0.25) is 10.1 Å². The van der Waals surface area contributed by atoms with Crippen molar-refractivity contribution >= 4 is 5.69 Å². The molecule has 0 amide bonds. The normalized spacial score (nSPS) is 12.0. The van der Waals surface area contributed by atoms with Crippen LogP contribution in [0.3, 0.4) is 0 Å². The Hall–Kier alpha value is -2.47. The molecule has 0 bridgehead atoms. The number of rotatable bonds is 5. The highest BCUT2D eigenvalue weighted by atomic mass is 19.1. The average Bonchev–Trinajstić information content (AvgIpc) is 2.48. The second kappa shape index (κ2) is 6.32. The Morgan fingerprint density at radius 3 is 2.67 bits per heavy atom. The average molecular weight is 290 g/mol. The van der Waals surface area contributed by atoms with E-state index in [2.05, 4.69) is 5.32 Å². The number of hydrogen-bond acceptors (Lipinski definition) is 4. The predicted molar refractivity (Wildman–Crippen MR) is 77.0 cm³/mol. The van der Waals surface area contributed by atoms with Crippen LogP contribution in [-0.4, -0.2) is 12.0 Å². The maximum absolute atomic E-state index is 13.8.